The Hall–Kier alpha value is -1.43. The summed E-state index contributed by atoms with van der Waals surface area (Å²) in [7, 11) is 0. The molecule has 5 saturated carbocycles. The van der Waals surface area contributed by atoms with E-state index in [9.17, 15) is 0 Å². The molecule has 1 heterocycles. The Kier molecular flexibility index (Phi) is 4.07. The second-order valence-corrected chi connectivity index (χ2v) is 9.62. The van der Waals surface area contributed by atoms with Gasteiger partial charge in [-0.25, -0.2) is 0 Å². The molecule has 5 nitrogen and oxygen atoms in total. The average molecular weight is 383 g/mol. The van der Waals surface area contributed by atoms with Crippen molar-refractivity contribution >= 4 is 5.71 Å². The molecule has 1 aromatic carbocycles. The number of oxime groups is 1. The van der Waals surface area contributed by atoms with Crippen LogP contribution in [0.15, 0.2) is 35.5 Å². The minimum atomic E-state index is -0.576. The second-order valence-electron chi connectivity index (χ2n) is 9.62. The van der Waals surface area contributed by atoms with Gasteiger partial charge in [0, 0.05) is 24.7 Å². The summed E-state index contributed by atoms with van der Waals surface area (Å²) in [4.78, 5) is 17.6. The standard InChI is InChI=1S/C23H29NO4/c1-2-4-16(5-3-1)15-25-24-21-6-8-22(9-7-21)26-23(28-27-22)19-11-17-10-18(13-19)14-20(23)12-17/h1-5,17-20H,6-15H2. The molecule has 1 aliphatic heterocycles. The molecule has 6 aliphatic rings. The smallest absolute Gasteiger partial charge is 0.210 e. The third-order valence-electron chi connectivity index (χ3n) is 7.80. The first kappa shape index (κ1) is 17.4. The summed E-state index contributed by atoms with van der Waals surface area (Å²) in [6.45, 7) is 0.514. The van der Waals surface area contributed by atoms with Crippen molar-refractivity contribution in [3.05, 3.63) is 35.9 Å². The summed E-state index contributed by atoms with van der Waals surface area (Å²) in [6, 6.07) is 10.2. The average Bonchev–Trinajstić information content (AvgIpc) is 3.08. The minimum absolute atomic E-state index is 0.466. The number of hydrogen-bond acceptors (Lipinski definition) is 5. The van der Waals surface area contributed by atoms with Crippen LogP contribution in [0.3, 0.4) is 0 Å². The zero-order valence-corrected chi connectivity index (χ0v) is 16.3. The summed E-state index contributed by atoms with van der Waals surface area (Å²) in [5, 5.41) is 4.37. The zero-order chi connectivity index (χ0) is 18.6. The molecule has 0 amide bonds. The zero-order valence-electron chi connectivity index (χ0n) is 16.3. The van der Waals surface area contributed by atoms with Gasteiger partial charge in [0.15, 0.2) is 0 Å². The molecule has 1 saturated heterocycles. The molecule has 6 fully saturated rings. The highest BCUT2D eigenvalue weighted by atomic mass is 17.3. The fourth-order valence-electron chi connectivity index (χ4n) is 6.58. The van der Waals surface area contributed by atoms with E-state index in [1.165, 1.54) is 32.1 Å². The number of nitrogens with zero attached hydrogens (tertiary/aromatic N) is 1. The fourth-order valence-corrected chi connectivity index (χ4v) is 6.58. The highest BCUT2D eigenvalue weighted by molar-refractivity contribution is 5.84. The van der Waals surface area contributed by atoms with Crippen molar-refractivity contribution in [2.75, 3.05) is 0 Å². The van der Waals surface area contributed by atoms with Gasteiger partial charge in [-0.2, -0.15) is 9.78 Å². The van der Waals surface area contributed by atoms with E-state index in [4.69, 9.17) is 19.3 Å². The van der Waals surface area contributed by atoms with Crippen molar-refractivity contribution < 1.29 is 19.3 Å². The van der Waals surface area contributed by atoms with Gasteiger partial charge in [-0.3, -0.25) is 0 Å². The van der Waals surface area contributed by atoms with E-state index in [0.29, 0.717) is 18.4 Å². The Balaban J connectivity index is 1.08. The van der Waals surface area contributed by atoms with Gasteiger partial charge in [0.2, 0.25) is 11.6 Å². The molecule has 5 aliphatic carbocycles. The molecule has 7 rings (SSSR count). The Morgan fingerprint density at radius 1 is 0.893 bits per heavy atom. The molecule has 5 heteroatoms. The molecule has 0 radical (unpaired) electrons. The molecule has 0 aromatic heterocycles. The fraction of sp³-hybridized carbons (Fsp3) is 0.696. The van der Waals surface area contributed by atoms with Crippen LogP contribution in [-0.4, -0.2) is 17.3 Å². The van der Waals surface area contributed by atoms with E-state index in [1.807, 2.05) is 18.2 Å². The molecule has 2 spiro atoms. The normalized spacial score (nSPS) is 43.8. The first-order chi connectivity index (χ1) is 13.7. The van der Waals surface area contributed by atoms with E-state index in [1.54, 1.807) is 0 Å². The summed E-state index contributed by atoms with van der Waals surface area (Å²) in [5.41, 5.74) is 2.23. The van der Waals surface area contributed by atoms with Gasteiger partial charge >= 0.3 is 0 Å². The predicted octanol–water partition coefficient (Wildman–Crippen LogP) is 4.96. The molecule has 4 bridgehead atoms. The van der Waals surface area contributed by atoms with Crippen molar-refractivity contribution in [2.24, 2.45) is 28.8 Å². The van der Waals surface area contributed by atoms with Crippen molar-refractivity contribution in [1.82, 2.24) is 0 Å². The maximum Gasteiger partial charge on any atom is 0.210 e. The molecular formula is C23H29NO4. The Morgan fingerprint density at radius 3 is 2.25 bits per heavy atom. The SMILES string of the molecule is c1ccc(CON=C2CCC3(CC2)OOC2(O3)C3CC4CC(C3)CC2C4)cc1. The van der Waals surface area contributed by atoms with Crippen LogP contribution < -0.4 is 0 Å². The molecule has 0 N–H and O–H groups in total. The largest absolute Gasteiger partial charge is 0.391 e. The molecule has 1 aromatic rings. The van der Waals surface area contributed by atoms with E-state index in [0.717, 1.165) is 48.8 Å². The highest BCUT2D eigenvalue weighted by Crippen LogP contribution is 2.63. The maximum absolute atomic E-state index is 6.74. The first-order valence-electron chi connectivity index (χ1n) is 11.0. The van der Waals surface area contributed by atoms with Crippen LogP contribution in [0.2, 0.25) is 0 Å². The number of rotatable bonds is 3. The number of benzene rings is 1. The van der Waals surface area contributed by atoms with Gasteiger partial charge in [-0.15, -0.1) is 0 Å². The third-order valence-corrected chi connectivity index (χ3v) is 7.80. The summed E-state index contributed by atoms with van der Waals surface area (Å²) < 4.78 is 6.74. The third kappa shape index (κ3) is 2.82. The van der Waals surface area contributed by atoms with Crippen molar-refractivity contribution in [3.63, 3.8) is 0 Å². The molecule has 0 atom stereocenters. The maximum atomic E-state index is 6.74. The highest BCUT2D eigenvalue weighted by Gasteiger charge is 2.66. The van der Waals surface area contributed by atoms with E-state index in [-0.39, 0.29) is 0 Å². The van der Waals surface area contributed by atoms with Gasteiger partial charge in [0.05, 0.1) is 5.71 Å². The van der Waals surface area contributed by atoms with Crippen molar-refractivity contribution in [3.8, 4) is 0 Å². The minimum Gasteiger partial charge on any atom is -0.391 e. The Morgan fingerprint density at radius 2 is 1.57 bits per heavy atom. The van der Waals surface area contributed by atoms with Crippen LogP contribution in [0.1, 0.15) is 63.4 Å². The lowest BCUT2D eigenvalue weighted by Gasteiger charge is -2.57. The van der Waals surface area contributed by atoms with Crippen LogP contribution in [0, 0.1) is 23.7 Å². The lowest BCUT2D eigenvalue weighted by molar-refractivity contribution is -0.389. The first-order valence-corrected chi connectivity index (χ1v) is 11.0. The van der Waals surface area contributed by atoms with Gasteiger partial charge < -0.3 is 9.57 Å². The van der Waals surface area contributed by atoms with Crippen LogP contribution >= 0.6 is 0 Å². The van der Waals surface area contributed by atoms with Gasteiger partial charge in [-0.1, -0.05) is 35.5 Å². The Labute approximate surface area is 166 Å². The quantitative estimate of drug-likeness (QED) is 0.547. The van der Waals surface area contributed by atoms with E-state index in [2.05, 4.69) is 17.3 Å². The van der Waals surface area contributed by atoms with Gasteiger partial charge in [-0.05, 0) is 62.3 Å². The van der Waals surface area contributed by atoms with Crippen LogP contribution in [0.5, 0.6) is 0 Å². The topological polar surface area (TPSA) is 49.3 Å². The van der Waals surface area contributed by atoms with Gasteiger partial charge in [0.25, 0.3) is 0 Å². The van der Waals surface area contributed by atoms with Crippen LogP contribution in [0.25, 0.3) is 0 Å². The lowest BCUT2D eigenvalue weighted by Crippen LogP contribution is -2.59. The van der Waals surface area contributed by atoms with Crippen LogP contribution in [-0.2, 0) is 26.0 Å². The van der Waals surface area contributed by atoms with Gasteiger partial charge in [0.1, 0.15) is 6.61 Å². The van der Waals surface area contributed by atoms with E-state index >= 15 is 0 Å². The second kappa shape index (κ2) is 6.54. The number of hydrogen-bond donors (Lipinski definition) is 0. The van der Waals surface area contributed by atoms with Crippen LogP contribution in [0.4, 0.5) is 0 Å². The summed E-state index contributed by atoms with van der Waals surface area (Å²) in [6.07, 6.45) is 9.74. The molecule has 0 unspecified atom stereocenters. The Bertz CT molecular complexity index is 723. The molecule has 150 valence electrons. The lowest BCUT2D eigenvalue weighted by atomic mass is 9.53. The summed E-state index contributed by atoms with van der Waals surface area (Å²) in [5.74, 6) is 1.78. The number of ether oxygens (including phenoxy) is 1. The predicted molar refractivity (Wildman–Crippen MR) is 103 cm³/mol. The van der Waals surface area contributed by atoms with E-state index < -0.39 is 11.6 Å². The summed E-state index contributed by atoms with van der Waals surface area (Å²) >= 11 is 0. The molecule has 28 heavy (non-hydrogen) atoms. The van der Waals surface area contributed by atoms with Crippen molar-refractivity contribution in [1.29, 1.82) is 0 Å². The van der Waals surface area contributed by atoms with Crippen molar-refractivity contribution in [2.45, 2.75) is 76.0 Å². The molecular weight excluding hydrogens is 354 g/mol. The monoisotopic (exact) mass is 383 g/mol.